The summed E-state index contributed by atoms with van der Waals surface area (Å²) in [4.78, 5) is 14.2. The maximum Gasteiger partial charge on any atom is 0.256 e. The summed E-state index contributed by atoms with van der Waals surface area (Å²) in [7, 11) is 0. The predicted molar refractivity (Wildman–Crippen MR) is 59.0 cm³/mol. The summed E-state index contributed by atoms with van der Waals surface area (Å²) in [6.07, 6.45) is 2.27. The van der Waals surface area contributed by atoms with E-state index >= 15 is 0 Å². The second-order valence-corrected chi connectivity index (χ2v) is 4.22. The Morgan fingerprint density at radius 3 is 3.13 bits per heavy atom. The normalized spacial score (nSPS) is 24.1. The number of benzene rings is 1. The van der Waals surface area contributed by atoms with Crippen LogP contribution in [0, 0.1) is 0 Å². The van der Waals surface area contributed by atoms with Crippen molar-refractivity contribution in [2.24, 2.45) is 0 Å². The van der Waals surface area contributed by atoms with Crippen molar-refractivity contribution in [3.05, 3.63) is 29.8 Å². The van der Waals surface area contributed by atoms with Crippen LogP contribution in [0.3, 0.4) is 0 Å². The molecule has 0 radical (unpaired) electrons. The quantitative estimate of drug-likeness (QED) is 0.694. The Kier molecular flexibility index (Phi) is 1.91. The van der Waals surface area contributed by atoms with E-state index in [2.05, 4.69) is 5.32 Å². The van der Waals surface area contributed by atoms with Gasteiger partial charge in [-0.05, 0) is 25.0 Å². The van der Waals surface area contributed by atoms with Gasteiger partial charge in [0.15, 0.2) is 0 Å². The highest BCUT2D eigenvalue weighted by molar-refractivity contribution is 6.00. The molecule has 1 atom stereocenters. The second-order valence-electron chi connectivity index (χ2n) is 4.22. The van der Waals surface area contributed by atoms with Crippen LogP contribution in [0.1, 0.15) is 23.2 Å². The molecule has 1 saturated heterocycles. The number of anilines is 1. The van der Waals surface area contributed by atoms with E-state index in [-0.39, 0.29) is 5.91 Å². The van der Waals surface area contributed by atoms with E-state index in [9.17, 15) is 4.79 Å². The van der Waals surface area contributed by atoms with E-state index in [0.29, 0.717) is 6.04 Å². The van der Waals surface area contributed by atoms with Gasteiger partial charge in [-0.3, -0.25) is 4.79 Å². The molecule has 1 amide bonds. The number of fused-ring (bicyclic) bond motifs is 2. The van der Waals surface area contributed by atoms with Crippen LogP contribution in [0.25, 0.3) is 0 Å². The lowest BCUT2D eigenvalue weighted by molar-refractivity contribution is 0.0750. The maximum absolute atomic E-state index is 12.2. The zero-order valence-electron chi connectivity index (χ0n) is 8.57. The summed E-state index contributed by atoms with van der Waals surface area (Å²) in [5.74, 6) is 0.193. The molecule has 0 spiro atoms. The first-order chi connectivity index (χ1) is 7.36. The first-order valence-corrected chi connectivity index (χ1v) is 5.50. The number of nitrogens with zero attached hydrogens (tertiary/aromatic N) is 1. The summed E-state index contributed by atoms with van der Waals surface area (Å²) in [5.41, 5.74) is 1.80. The van der Waals surface area contributed by atoms with Crippen LogP contribution in [0.4, 0.5) is 5.69 Å². The molecule has 1 N–H and O–H groups in total. The molecule has 2 aliphatic heterocycles. The van der Waals surface area contributed by atoms with Gasteiger partial charge in [0.05, 0.1) is 5.56 Å². The Bertz CT molecular complexity index is 402. The average Bonchev–Trinajstić information content (AvgIpc) is 2.69. The van der Waals surface area contributed by atoms with Gasteiger partial charge in [-0.15, -0.1) is 0 Å². The van der Waals surface area contributed by atoms with Crippen molar-refractivity contribution in [3.63, 3.8) is 0 Å². The lowest BCUT2D eigenvalue weighted by atomic mass is 10.1. The fourth-order valence-electron chi connectivity index (χ4n) is 2.52. The van der Waals surface area contributed by atoms with Gasteiger partial charge in [-0.2, -0.15) is 0 Å². The van der Waals surface area contributed by atoms with Gasteiger partial charge < -0.3 is 10.2 Å². The largest absolute Gasteiger partial charge is 0.382 e. The molecule has 0 bridgehead atoms. The van der Waals surface area contributed by atoms with Crippen molar-refractivity contribution in [2.75, 3.05) is 18.4 Å². The molecule has 1 aromatic carbocycles. The zero-order chi connectivity index (χ0) is 10.3. The Morgan fingerprint density at radius 2 is 2.20 bits per heavy atom. The monoisotopic (exact) mass is 202 g/mol. The van der Waals surface area contributed by atoms with Crippen LogP contribution in [0.2, 0.25) is 0 Å². The minimum absolute atomic E-state index is 0.193. The Labute approximate surface area is 89.1 Å². The molecule has 0 aliphatic carbocycles. The van der Waals surface area contributed by atoms with Crippen molar-refractivity contribution < 1.29 is 4.79 Å². The number of para-hydroxylation sites is 1. The number of nitrogens with one attached hydrogen (secondary N) is 1. The fraction of sp³-hybridized carbons (Fsp3) is 0.417. The third kappa shape index (κ3) is 1.30. The Hall–Kier alpha value is -1.51. The van der Waals surface area contributed by atoms with Gasteiger partial charge in [-0.1, -0.05) is 12.1 Å². The number of hydrogen-bond acceptors (Lipinski definition) is 2. The minimum atomic E-state index is 0.193. The van der Waals surface area contributed by atoms with Crippen molar-refractivity contribution >= 4 is 11.6 Å². The molecule has 15 heavy (non-hydrogen) atoms. The van der Waals surface area contributed by atoms with Crippen LogP contribution in [-0.4, -0.2) is 29.9 Å². The molecular formula is C12H14N2O. The van der Waals surface area contributed by atoms with E-state index in [1.807, 2.05) is 29.2 Å². The number of rotatable bonds is 0. The SMILES string of the molecule is O=C1c2ccccc2NC[C@@H]2CCCN12. The lowest BCUT2D eigenvalue weighted by Gasteiger charge is -2.21. The summed E-state index contributed by atoms with van der Waals surface area (Å²) < 4.78 is 0. The number of carbonyl (C=O) groups is 1. The summed E-state index contributed by atoms with van der Waals surface area (Å²) in [6.45, 7) is 1.81. The van der Waals surface area contributed by atoms with E-state index < -0.39 is 0 Å². The van der Waals surface area contributed by atoms with E-state index in [1.54, 1.807) is 0 Å². The zero-order valence-corrected chi connectivity index (χ0v) is 8.57. The summed E-state index contributed by atoms with van der Waals surface area (Å²) in [5, 5.41) is 3.36. The van der Waals surface area contributed by atoms with Crippen LogP contribution in [0.15, 0.2) is 24.3 Å². The lowest BCUT2D eigenvalue weighted by Crippen LogP contribution is -2.36. The molecule has 1 aromatic rings. The van der Waals surface area contributed by atoms with Crippen molar-refractivity contribution in [2.45, 2.75) is 18.9 Å². The molecule has 3 nitrogen and oxygen atoms in total. The maximum atomic E-state index is 12.2. The smallest absolute Gasteiger partial charge is 0.256 e. The number of hydrogen-bond donors (Lipinski definition) is 1. The molecule has 78 valence electrons. The van der Waals surface area contributed by atoms with Crippen molar-refractivity contribution in [1.29, 1.82) is 0 Å². The predicted octanol–water partition coefficient (Wildman–Crippen LogP) is 1.72. The summed E-state index contributed by atoms with van der Waals surface area (Å²) >= 11 is 0. The van der Waals surface area contributed by atoms with Gasteiger partial charge in [0.1, 0.15) is 0 Å². The van der Waals surface area contributed by atoms with E-state index in [4.69, 9.17) is 0 Å². The number of amides is 1. The first kappa shape index (κ1) is 8.77. The summed E-state index contributed by atoms with van der Waals surface area (Å²) in [6, 6.07) is 8.18. The molecule has 2 aliphatic rings. The molecule has 0 unspecified atom stereocenters. The van der Waals surface area contributed by atoms with Crippen LogP contribution < -0.4 is 5.32 Å². The third-order valence-corrected chi connectivity index (χ3v) is 3.32. The molecule has 2 heterocycles. The highest BCUT2D eigenvalue weighted by atomic mass is 16.2. The van der Waals surface area contributed by atoms with Crippen LogP contribution in [0.5, 0.6) is 0 Å². The topological polar surface area (TPSA) is 32.3 Å². The van der Waals surface area contributed by atoms with Crippen LogP contribution in [-0.2, 0) is 0 Å². The Balaban J connectivity index is 2.04. The van der Waals surface area contributed by atoms with E-state index in [0.717, 1.165) is 37.2 Å². The third-order valence-electron chi connectivity index (χ3n) is 3.32. The number of carbonyl (C=O) groups excluding carboxylic acids is 1. The molecule has 3 rings (SSSR count). The highest BCUT2D eigenvalue weighted by Gasteiger charge is 2.32. The van der Waals surface area contributed by atoms with E-state index in [1.165, 1.54) is 0 Å². The standard InChI is InChI=1S/C12H14N2O/c15-12-10-5-1-2-6-11(10)13-8-9-4-3-7-14(9)12/h1-2,5-6,9,13H,3-4,7-8H2/t9-/m0/s1. The van der Waals surface area contributed by atoms with Gasteiger partial charge in [0.2, 0.25) is 0 Å². The van der Waals surface area contributed by atoms with Crippen LogP contribution >= 0.6 is 0 Å². The Morgan fingerprint density at radius 1 is 1.33 bits per heavy atom. The fourth-order valence-corrected chi connectivity index (χ4v) is 2.52. The first-order valence-electron chi connectivity index (χ1n) is 5.50. The molecule has 3 heteroatoms. The molecular weight excluding hydrogens is 188 g/mol. The van der Waals surface area contributed by atoms with Gasteiger partial charge >= 0.3 is 0 Å². The average molecular weight is 202 g/mol. The van der Waals surface area contributed by atoms with Crippen molar-refractivity contribution in [3.8, 4) is 0 Å². The minimum Gasteiger partial charge on any atom is -0.382 e. The molecule has 0 saturated carbocycles. The van der Waals surface area contributed by atoms with Crippen molar-refractivity contribution in [1.82, 2.24) is 4.90 Å². The molecule has 1 fully saturated rings. The van der Waals surface area contributed by atoms with Gasteiger partial charge in [0, 0.05) is 24.8 Å². The second kappa shape index (κ2) is 3.26. The van der Waals surface area contributed by atoms with Gasteiger partial charge in [0.25, 0.3) is 5.91 Å². The molecule has 0 aromatic heterocycles. The van der Waals surface area contributed by atoms with Gasteiger partial charge in [-0.25, -0.2) is 0 Å². The highest BCUT2D eigenvalue weighted by Crippen LogP contribution is 2.27.